The van der Waals surface area contributed by atoms with Gasteiger partial charge in [-0.1, -0.05) is 0 Å². The second-order valence-corrected chi connectivity index (χ2v) is 7.31. The predicted molar refractivity (Wildman–Crippen MR) is 61.7 cm³/mol. The number of carbonyl (C=O) groups excluding carboxylic acids is 1. The average molecular weight is 260 g/mol. The molecule has 0 unspecified atom stereocenters. The second-order valence-electron chi connectivity index (χ2n) is 4.69. The van der Waals surface area contributed by atoms with E-state index in [-0.39, 0.29) is 25.4 Å². The molecule has 0 aromatic carbocycles. The van der Waals surface area contributed by atoms with Gasteiger partial charge in [-0.15, -0.1) is 0 Å². The third kappa shape index (κ3) is 1.59. The van der Waals surface area contributed by atoms with Crippen LogP contribution in [0.4, 0.5) is 0 Å². The fourth-order valence-corrected chi connectivity index (χ4v) is 4.55. The Labute approximate surface area is 99.9 Å². The van der Waals surface area contributed by atoms with E-state index in [1.54, 1.807) is 6.92 Å². The van der Waals surface area contributed by atoms with Crippen LogP contribution in [0.2, 0.25) is 0 Å². The van der Waals surface area contributed by atoms with E-state index in [4.69, 9.17) is 11.6 Å². The standard InChI is InChI=1S/C9H16N4O3S/c1-9(5-12(11)3-2-10)6-13-7(14)4-8(13)17(9,15)16/h2-3,8H,4-6,10-11H2,1H3/b3-2-/t8-,9+/m1/s1. The van der Waals surface area contributed by atoms with E-state index in [0.717, 1.165) is 0 Å². The van der Waals surface area contributed by atoms with Crippen LogP contribution < -0.4 is 11.6 Å². The Morgan fingerprint density at radius 3 is 2.76 bits per heavy atom. The first-order valence-electron chi connectivity index (χ1n) is 5.24. The molecule has 2 rings (SSSR count). The highest BCUT2D eigenvalue weighted by molar-refractivity contribution is 7.93. The van der Waals surface area contributed by atoms with Gasteiger partial charge in [0.15, 0.2) is 9.84 Å². The summed E-state index contributed by atoms with van der Waals surface area (Å²) in [6.07, 6.45) is 2.73. The zero-order valence-electron chi connectivity index (χ0n) is 9.54. The lowest BCUT2D eigenvalue weighted by atomic mass is 10.1. The van der Waals surface area contributed by atoms with Gasteiger partial charge in [-0.25, -0.2) is 14.3 Å². The van der Waals surface area contributed by atoms with Crippen LogP contribution in [-0.4, -0.2) is 47.4 Å². The molecule has 8 heteroatoms. The van der Waals surface area contributed by atoms with Crippen molar-refractivity contribution in [2.75, 3.05) is 13.1 Å². The Morgan fingerprint density at radius 2 is 2.29 bits per heavy atom. The van der Waals surface area contributed by atoms with Gasteiger partial charge in [0.1, 0.15) is 10.1 Å². The van der Waals surface area contributed by atoms with E-state index in [1.165, 1.54) is 22.3 Å². The molecule has 17 heavy (non-hydrogen) atoms. The number of rotatable bonds is 3. The quantitative estimate of drug-likeness (QED) is 0.357. The molecule has 0 spiro atoms. The normalized spacial score (nSPS) is 34.8. The van der Waals surface area contributed by atoms with Crippen molar-refractivity contribution in [1.29, 1.82) is 0 Å². The molecule has 96 valence electrons. The van der Waals surface area contributed by atoms with E-state index in [1.807, 2.05) is 0 Å². The van der Waals surface area contributed by atoms with Gasteiger partial charge in [-0.05, 0) is 6.92 Å². The first-order valence-corrected chi connectivity index (χ1v) is 6.79. The van der Waals surface area contributed by atoms with E-state index in [0.29, 0.717) is 0 Å². The van der Waals surface area contributed by atoms with Crippen molar-refractivity contribution in [1.82, 2.24) is 9.91 Å². The lowest BCUT2D eigenvalue weighted by Gasteiger charge is -2.31. The maximum atomic E-state index is 12.2. The summed E-state index contributed by atoms with van der Waals surface area (Å²) in [5.74, 6) is 5.50. The molecule has 7 nitrogen and oxygen atoms in total. The topological polar surface area (TPSA) is 110 Å². The van der Waals surface area contributed by atoms with Gasteiger partial charge >= 0.3 is 0 Å². The van der Waals surface area contributed by atoms with Crippen molar-refractivity contribution in [3.05, 3.63) is 12.4 Å². The molecule has 0 aromatic heterocycles. The van der Waals surface area contributed by atoms with Crippen molar-refractivity contribution in [3.63, 3.8) is 0 Å². The van der Waals surface area contributed by atoms with Crippen molar-refractivity contribution in [2.45, 2.75) is 23.5 Å². The molecule has 2 aliphatic heterocycles. The molecular formula is C9H16N4O3S. The monoisotopic (exact) mass is 260 g/mol. The van der Waals surface area contributed by atoms with E-state index in [2.05, 4.69) is 0 Å². The summed E-state index contributed by atoms with van der Waals surface area (Å²) >= 11 is 0. The minimum atomic E-state index is -3.37. The van der Waals surface area contributed by atoms with Crippen molar-refractivity contribution in [3.8, 4) is 0 Å². The van der Waals surface area contributed by atoms with E-state index >= 15 is 0 Å². The number of amides is 1. The average Bonchev–Trinajstić information content (AvgIpc) is 2.36. The van der Waals surface area contributed by atoms with Gasteiger partial charge in [0.25, 0.3) is 0 Å². The molecule has 0 radical (unpaired) electrons. The zero-order valence-corrected chi connectivity index (χ0v) is 10.4. The lowest BCUT2D eigenvalue weighted by molar-refractivity contribution is -0.141. The first-order chi connectivity index (χ1) is 7.82. The highest BCUT2D eigenvalue weighted by Gasteiger charge is 2.61. The molecule has 0 saturated carbocycles. The predicted octanol–water partition coefficient (Wildman–Crippen LogP) is -1.66. The summed E-state index contributed by atoms with van der Waals surface area (Å²) < 4.78 is 23.4. The Balaban J connectivity index is 2.23. The molecule has 2 fully saturated rings. The molecule has 0 aliphatic carbocycles. The summed E-state index contributed by atoms with van der Waals surface area (Å²) in [6, 6.07) is 0. The largest absolute Gasteiger partial charge is 0.403 e. The highest BCUT2D eigenvalue weighted by Crippen LogP contribution is 2.41. The van der Waals surface area contributed by atoms with Gasteiger partial charge in [0.05, 0.1) is 13.0 Å². The van der Waals surface area contributed by atoms with Gasteiger partial charge in [0, 0.05) is 18.9 Å². The van der Waals surface area contributed by atoms with E-state index < -0.39 is 20.0 Å². The minimum Gasteiger partial charge on any atom is -0.403 e. The van der Waals surface area contributed by atoms with Crippen molar-refractivity contribution in [2.24, 2.45) is 11.6 Å². The van der Waals surface area contributed by atoms with Crippen LogP contribution in [0.1, 0.15) is 13.3 Å². The number of β-lactam (4-membered cyclic amide) rings is 1. The Hall–Kier alpha value is -1.28. The number of hydrogen-bond acceptors (Lipinski definition) is 6. The molecule has 2 atom stereocenters. The summed E-state index contributed by atoms with van der Waals surface area (Å²) in [7, 11) is -3.37. The molecule has 0 aromatic rings. The molecule has 2 aliphatic rings. The number of hydrazine groups is 1. The Kier molecular flexibility index (Phi) is 2.58. The lowest BCUT2D eigenvalue weighted by Crippen LogP contribution is -2.50. The van der Waals surface area contributed by atoms with Crippen LogP contribution in [0.3, 0.4) is 0 Å². The molecular weight excluding hydrogens is 244 g/mol. The third-order valence-corrected chi connectivity index (χ3v) is 6.13. The SMILES string of the molecule is C[C@]1(CN(N)/C=C\N)CN2C(=O)C[C@H]2S1(=O)=O. The van der Waals surface area contributed by atoms with E-state index in [9.17, 15) is 13.2 Å². The molecule has 0 bridgehead atoms. The molecule has 1 amide bonds. The summed E-state index contributed by atoms with van der Waals surface area (Å²) in [4.78, 5) is 12.7. The number of nitrogens with zero attached hydrogens (tertiary/aromatic N) is 2. The number of fused-ring (bicyclic) bond motifs is 1. The van der Waals surface area contributed by atoms with Gasteiger partial charge in [-0.3, -0.25) is 4.79 Å². The molecule has 2 saturated heterocycles. The zero-order chi connectivity index (χ0) is 12.8. The van der Waals surface area contributed by atoms with Gasteiger partial charge in [0.2, 0.25) is 5.91 Å². The number of hydrogen-bond donors (Lipinski definition) is 2. The second kappa shape index (κ2) is 3.61. The maximum absolute atomic E-state index is 12.2. The Morgan fingerprint density at radius 1 is 1.65 bits per heavy atom. The van der Waals surface area contributed by atoms with Crippen LogP contribution >= 0.6 is 0 Å². The number of nitrogens with two attached hydrogens (primary N) is 2. The Bertz CT molecular complexity index is 475. The fraction of sp³-hybridized carbons (Fsp3) is 0.667. The smallest absolute Gasteiger partial charge is 0.226 e. The van der Waals surface area contributed by atoms with Crippen LogP contribution in [0.5, 0.6) is 0 Å². The van der Waals surface area contributed by atoms with Crippen LogP contribution in [-0.2, 0) is 14.6 Å². The number of carbonyl (C=O) groups is 1. The molecule has 2 heterocycles. The number of sulfone groups is 1. The maximum Gasteiger partial charge on any atom is 0.226 e. The highest BCUT2D eigenvalue weighted by atomic mass is 32.2. The molecule has 4 N–H and O–H groups in total. The minimum absolute atomic E-state index is 0.0925. The van der Waals surface area contributed by atoms with Gasteiger partial charge in [-0.2, -0.15) is 0 Å². The fourth-order valence-electron chi connectivity index (χ4n) is 2.36. The van der Waals surface area contributed by atoms with Crippen LogP contribution in [0.25, 0.3) is 0 Å². The summed E-state index contributed by atoms with van der Waals surface area (Å²) in [5.41, 5.74) is 5.19. The van der Waals surface area contributed by atoms with Crippen LogP contribution in [0, 0.1) is 0 Å². The third-order valence-electron chi connectivity index (χ3n) is 3.36. The summed E-state index contributed by atoms with van der Waals surface area (Å²) in [6.45, 7) is 1.92. The van der Waals surface area contributed by atoms with Crippen molar-refractivity contribution < 1.29 is 13.2 Å². The summed E-state index contributed by atoms with van der Waals surface area (Å²) in [5, 5.41) is 0.573. The van der Waals surface area contributed by atoms with Gasteiger partial charge < -0.3 is 15.6 Å². The van der Waals surface area contributed by atoms with Crippen molar-refractivity contribution >= 4 is 15.7 Å². The first kappa shape index (κ1) is 12.2. The van der Waals surface area contributed by atoms with Crippen LogP contribution in [0.15, 0.2) is 12.4 Å².